The minimum atomic E-state index is -0.312. The van der Waals surface area contributed by atoms with E-state index in [2.05, 4.69) is 10.3 Å². The highest BCUT2D eigenvalue weighted by Gasteiger charge is 2.16. The third-order valence-corrected chi connectivity index (χ3v) is 2.86. The van der Waals surface area contributed by atoms with Crippen LogP contribution in [0.2, 0.25) is 0 Å². The number of pyridine rings is 1. The first-order chi connectivity index (χ1) is 9.84. The zero-order valence-electron chi connectivity index (χ0n) is 10.6. The number of carbonyl (C=O) groups excluding carboxylic acids is 1. The molecule has 0 spiro atoms. The monoisotopic (exact) mass is 264 g/mol. The van der Waals surface area contributed by atoms with Crippen molar-refractivity contribution in [1.29, 1.82) is 0 Å². The topological polar surface area (TPSA) is 55.1 Å². The number of rotatable bonds is 3. The summed E-state index contributed by atoms with van der Waals surface area (Å²) in [7, 11) is 0. The van der Waals surface area contributed by atoms with Gasteiger partial charge >= 0.3 is 0 Å². The first-order valence-corrected chi connectivity index (χ1v) is 6.20. The minimum absolute atomic E-state index is 0.279. The maximum atomic E-state index is 12.2. The first-order valence-electron chi connectivity index (χ1n) is 6.20. The molecule has 98 valence electrons. The fourth-order valence-electron chi connectivity index (χ4n) is 1.94. The Morgan fingerprint density at radius 1 is 1.00 bits per heavy atom. The lowest BCUT2D eigenvalue weighted by Crippen LogP contribution is -2.12. The first kappa shape index (κ1) is 12.2. The van der Waals surface area contributed by atoms with Crippen LogP contribution in [0.4, 0.5) is 5.82 Å². The Morgan fingerprint density at radius 3 is 2.55 bits per heavy atom. The average Bonchev–Trinajstić information content (AvgIpc) is 2.99. The van der Waals surface area contributed by atoms with Gasteiger partial charge in [-0.2, -0.15) is 0 Å². The van der Waals surface area contributed by atoms with Crippen LogP contribution in [-0.2, 0) is 0 Å². The van der Waals surface area contributed by atoms with Crippen molar-refractivity contribution in [3.63, 3.8) is 0 Å². The summed E-state index contributed by atoms with van der Waals surface area (Å²) in [6, 6.07) is 16.7. The van der Waals surface area contributed by atoms with E-state index in [0.29, 0.717) is 5.82 Å². The minimum Gasteiger partial charge on any atom is -0.459 e. The summed E-state index contributed by atoms with van der Waals surface area (Å²) in [5.74, 6) is 0.460. The van der Waals surface area contributed by atoms with Crippen LogP contribution < -0.4 is 5.32 Å². The number of anilines is 1. The van der Waals surface area contributed by atoms with E-state index in [4.69, 9.17) is 4.42 Å². The molecule has 4 nitrogen and oxygen atoms in total. The van der Waals surface area contributed by atoms with E-state index in [1.54, 1.807) is 24.4 Å². The van der Waals surface area contributed by atoms with Gasteiger partial charge in [-0.1, -0.05) is 36.4 Å². The molecular weight excluding hydrogens is 252 g/mol. The number of aromatic nitrogens is 1. The van der Waals surface area contributed by atoms with Crippen molar-refractivity contribution >= 4 is 11.7 Å². The smallest absolute Gasteiger partial charge is 0.293 e. The molecule has 1 aromatic carbocycles. The molecule has 0 bridgehead atoms. The molecule has 1 amide bonds. The van der Waals surface area contributed by atoms with Crippen molar-refractivity contribution in [2.24, 2.45) is 0 Å². The zero-order chi connectivity index (χ0) is 13.8. The van der Waals surface area contributed by atoms with Crippen molar-refractivity contribution in [3.05, 3.63) is 72.8 Å². The van der Waals surface area contributed by atoms with E-state index in [9.17, 15) is 4.79 Å². The molecule has 0 aliphatic heterocycles. The Morgan fingerprint density at radius 2 is 1.80 bits per heavy atom. The second kappa shape index (κ2) is 5.40. The normalized spacial score (nSPS) is 10.2. The van der Waals surface area contributed by atoms with Crippen LogP contribution in [0, 0.1) is 0 Å². The second-order valence-corrected chi connectivity index (χ2v) is 4.20. The van der Waals surface area contributed by atoms with Crippen molar-refractivity contribution in [2.45, 2.75) is 0 Å². The van der Waals surface area contributed by atoms with E-state index >= 15 is 0 Å². The van der Waals surface area contributed by atoms with Crippen LogP contribution in [0.5, 0.6) is 0 Å². The Labute approximate surface area is 116 Å². The average molecular weight is 264 g/mol. The molecule has 0 unspecified atom stereocenters. The molecule has 0 aliphatic rings. The Hall–Kier alpha value is -2.88. The Balaban J connectivity index is 1.88. The summed E-state index contributed by atoms with van der Waals surface area (Å²) in [4.78, 5) is 16.3. The molecule has 0 saturated carbocycles. The molecule has 4 heteroatoms. The Kier molecular flexibility index (Phi) is 3.29. The molecule has 2 heterocycles. The third kappa shape index (κ3) is 2.44. The van der Waals surface area contributed by atoms with Gasteiger partial charge in [0.05, 0.1) is 6.26 Å². The highest BCUT2D eigenvalue weighted by Crippen LogP contribution is 2.25. The van der Waals surface area contributed by atoms with Crippen LogP contribution in [0.3, 0.4) is 0 Å². The van der Waals surface area contributed by atoms with Crippen molar-refractivity contribution in [3.8, 4) is 11.1 Å². The Bertz CT molecular complexity index is 706. The number of benzene rings is 1. The summed E-state index contributed by atoms with van der Waals surface area (Å²) in [6.45, 7) is 0. The van der Waals surface area contributed by atoms with Gasteiger partial charge in [-0.05, 0) is 23.8 Å². The summed E-state index contributed by atoms with van der Waals surface area (Å²) in [5, 5.41) is 2.71. The van der Waals surface area contributed by atoms with Gasteiger partial charge in [0.25, 0.3) is 5.91 Å². The van der Waals surface area contributed by atoms with E-state index in [1.807, 2.05) is 36.4 Å². The molecule has 20 heavy (non-hydrogen) atoms. The maximum Gasteiger partial charge on any atom is 0.293 e. The van der Waals surface area contributed by atoms with Gasteiger partial charge in [0.15, 0.2) is 5.76 Å². The van der Waals surface area contributed by atoms with Crippen LogP contribution >= 0.6 is 0 Å². The number of hydrogen-bond donors (Lipinski definition) is 1. The van der Waals surface area contributed by atoms with Crippen molar-refractivity contribution < 1.29 is 9.21 Å². The SMILES string of the molecule is O=C(Nc1ccccn1)c1occc1-c1ccccc1. The fraction of sp³-hybridized carbons (Fsp3) is 0. The molecule has 0 fully saturated rings. The van der Waals surface area contributed by atoms with Crippen molar-refractivity contribution in [1.82, 2.24) is 4.98 Å². The van der Waals surface area contributed by atoms with Crippen LogP contribution in [-0.4, -0.2) is 10.9 Å². The van der Waals surface area contributed by atoms with Gasteiger partial charge in [-0.3, -0.25) is 4.79 Å². The lowest BCUT2D eigenvalue weighted by molar-refractivity contribution is 0.0997. The summed E-state index contributed by atoms with van der Waals surface area (Å²) >= 11 is 0. The lowest BCUT2D eigenvalue weighted by atomic mass is 10.1. The van der Waals surface area contributed by atoms with Crippen LogP contribution in [0.15, 0.2) is 71.5 Å². The molecule has 3 aromatic rings. The number of amides is 1. The highest BCUT2D eigenvalue weighted by atomic mass is 16.3. The van der Waals surface area contributed by atoms with E-state index in [0.717, 1.165) is 11.1 Å². The van der Waals surface area contributed by atoms with E-state index in [1.165, 1.54) is 6.26 Å². The molecule has 1 N–H and O–H groups in total. The molecular formula is C16H12N2O2. The number of carbonyl (C=O) groups is 1. The summed E-state index contributed by atoms with van der Waals surface area (Å²) in [6.07, 6.45) is 3.13. The zero-order valence-corrected chi connectivity index (χ0v) is 10.6. The van der Waals surface area contributed by atoms with Crippen molar-refractivity contribution in [2.75, 3.05) is 5.32 Å². The summed E-state index contributed by atoms with van der Waals surface area (Å²) in [5.41, 5.74) is 1.70. The number of furan rings is 1. The molecule has 2 aromatic heterocycles. The van der Waals surface area contributed by atoms with Crippen LogP contribution in [0.25, 0.3) is 11.1 Å². The van der Waals surface area contributed by atoms with E-state index in [-0.39, 0.29) is 11.7 Å². The number of nitrogens with one attached hydrogen (secondary N) is 1. The standard InChI is InChI=1S/C16H12N2O2/c19-16(18-14-8-4-5-10-17-14)15-13(9-11-20-15)12-6-2-1-3-7-12/h1-11H,(H,17,18,19). The molecule has 0 saturated heterocycles. The fourth-order valence-corrected chi connectivity index (χ4v) is 1.94. The lowest BCUT2D eigenvalue weighted by Gasteiger charge is -2.04. The van der Waals surface area contributed by atoms with E-state index < -0.39 is 0 Å². The maximum absolute atomic E-state index is 12.2. The van der Waals surface area contributed by atoms with Crippen LogP contribution in [0.1, 0.15) is 10.6 Å². The quantitative estimate of drug-likeness (QED) is 0.786. The van der Waals surface area contributed by atoms with Gasteiger partial charge in [-0.15, -0.1) is 0 Å². The van der Waals surface area contributed by atoms with Gasteiger partial charge in [-0.25, -0.2) is 4.98 Å². The summed E-state index contributed by atoms with van der Waals surface area (Å²) < 4.78 is 5.31. The number of hydrogen-bond acceptors (Lipinski definition) is 3. The molecule has 0 radical (unpaired) electrons. The highest BCUT2D eigenvalue weighted by molar-refractivity contribution is 6.06. The second-order valence-electron chi connectivity index (χ2n) is 4.20. The molecule has 3 rings (SSSR count). The molecule has 0 aliphatic carbocycles. The number of nitrogens with zero attached hydrogens (tertiary/aromatic N) is 1. The predicted octanol–water partition coefficient (Wildman–Crippen LogP) is 3.59. The largest absolute Gasteiger partial charge is 0.459 e. The third-order valence-electron chi connectivity index (χ3n) is 2.86. The van der Waals surface area contributed by atoms with Gasteiger partial charge in [0, 0.05) is 11.8 Å². The molecule has 0 atom stereocenters. The van der Waals surface area contributed by atoms with Gasteiger partial charge in [0.1, 0.15) is 5.82 Å². The predicted molar refractivity (Wildman–Crippen MR) is 76.3 cm³/mol. The van der Waals surface area contributed by atoms with Gasteiger partial charge in [0.2, 0.25) is 0 Å². The van der Waals surface area contributed by atoms with Gasteiger partial charge < -0.3 is 9.73 Å².